The van der Waals surface area contributed by atoms with Crippen molar-refractivity contribution in [2.75, 3.05) is 13.2 Å². The van der Waals surface area contributed by atoms with E-state index >= 15 is 0 Å². The Balaban J connectivity index is 1.74. The second-order valence-corrected chi connectivity index (χ2v) is 8.78. The van der Waals surface area contributed by atoms with E-state index in [4.69, 9.17) is 41.9 Å². The molecule has 2 saturated heterocycles. The van der Waals surface area contributed by atoms with Crippen molar-refractivity contribution in [1.29, 1.82) is 0 Å². The molecule has 2 aliphatic heterocycles. The normalized spacial score (nSPS) is 52.7. The summed E-state index contributed by atoms with van der Waals surface area (Å²) in [5, 5.41) is 51.3. The maximum Gasteiger partial charge on any atom is 0.186 e. The highest BCUT2D eigenvalue weighted by Gasteiger charge is 2.53. The summed E-state index contributed by atoms with van der Waals surface area (Å²) in [4.78, 5) is 0. The third-order valence-corrected chi connectivity index (χ3v) is 6.56. The van der Waals surface area contributed by atoms with Crippen LogP contribution in [0.4, 0.5) is 0 Å². The van der Waals surface area contributed by atoms with Gasteiger partial charge in [-0.05, 0) is 12.8 Å². The van der Waals surface area contributed by atoms with Gasteiger partial charge in [0.15, 0.2) is 12.6 Å². The first-order chi connectivity index (χ1) is 15.1. The zero-order chi connectivity index (χ0) is 23.7. The third-order valence-electron chi connectivity index (χ3n) is 6.56. The Morgan fingerprint density at radius 3 is 1.91 bits per heavy atom. The van der Waals surface area contributed by atoms with Crippen molar-refractivity contribution in [2.24, 2.45) is 22.9 Å². The van der Waals surface area contributed by atoms with Gasteiger partial charge in [0.25, 0.3) is 0 Å². The van der Waals surface area contributed by atoms with Gasteiger partial charge in [-0.2, -0.15) is 0 Å². The number of rotatable bonds is 6. The average Bonchev–Trinajstić information content (AvgIpc) is 2.79. The fraction of sp³-hybridized carbons (Fsp3) is 1.00. The Morgan fingerprint density at radius 2 is 1.34 bits per heavy atom. The minimum Gasteiger partial charge on any atom is -0.394 e. The maximum absolute atomic E-state index is 11.0. The number of hydrogen-bond acceptors (Lipinski definition) is 13. The van der Waals surface area contributed by atoms with Crippen molar-refractivity contribution in [3.05, 3.63) is 0 Å². The Labute approximate surface area is 185 Å². The van der Waals surface area contributed by atoms with Crippen LogP contribution in [0.2, 0.25) is 0 Å². The second-order valence-electron chi connectivity index (χ2n) is 8.78. The predicted octanol–water partition coefficient (Wildman–Crippen LogP) is -7.01. The van der Waals surface area contributed by atoms with Crippen LogP contribution in [0, 0.1) is 0 Å². The first kappa shape index (κ1) is 26.1. The Bertz CT molecular complexity index is 607. The van der Waals surface area contributed by atoms with E-state index in [0.29, 0.717) is 13.0 Å². The SMILES string of the molecule is NC1CCC(C[NH3+])OC1OC1C(N)C(O)C(N)C(OC2OC(CO)C(O)C(N)C2O)C1O. The van der Waals surface area contributed by atoms with Crippen molar-refractivity contribution in [2.45, 2.75) is 98.4 Å². The molecule has 0 bridgehead atoms. The van der Waals surface area contributed by atoms with Crippen LogP contribution in [0.5, 0.6) is 0 Å². The Hall–Kier alpha value is -0.560. The molecular weight excluding hydrogens is 430 g/mol. The lowest BCUT2D eigenvalue weighted by molar-refractivity contribution is -0.400. The molecule has 0 aromatic heterocycles. The molecule has 3 rings (SSSR count). The summed E-state index contributed by atoms with van der Waals surface area (Å²) in [6.45, 7) is -0.0650. The van der Waals surface area contributed by atoms with E-state index in [1.54, 1.807) is 0 Å². The van der Waals surface area contributed by atoms with Gasteiger partial charge in [0.2, 0.25) is 0 Å². The van der Waals surface area contributed by atoms with E-state index in [2.05, 4.69) is 5.73 Å². The lowest BCUT2D eigenvalue weighted by atomic mass is 9.82. The van der Waals surface area contributed by atoms with Gasteiger partial charge >= 0.3 is 0 Å². The standard InChI is InChI=1S/C18H37N5O9/c19-3-5-1-2-6(20)17(29-5)31-15-9(22)12(26)10(23)16(14(15)28)32-18-13(27)8(21)11(25)7(4-24)30-18/h5-18,24-28H,1-4,19-23H2/p+1. The number of nitrogens with two attached hydrogens (primary N) is 4. The lowest BCUT2D eigenvalue weighted by Gasteiger charge is -2.49. The monoisotopic (exact) mass is 468 g/mol. The van der Waals surface area contributed by atoms with Crippen LogP contribution in [-0.2, 0) is 18.9 Å². The van der Waals surface area contributed by atoms with Crippen LogP contribution in [0.15, 0.2) is 0 Å². The van der Waals surface area contributed by atoms with Crippen LogP contribution >= 0.6 is 0 Å². The van der Waals surface area contributed by atoms with Gasteiger partial charge in [0.1, 0.15) is 49.3 Å². The van der Waals surface area contributed by atoms with Gasteiger partial charge in [-0.25, -0.2) is 0 Å². The van der Waals surface area contributed by atoms with E-state index in [0.717, 1.165) is 6.42 Å². The average molecular weight is 469 g/mol. The Kier molecular flexibility index (Phi) is 8.79. The summed E-state index contributed by atoms with van der Waals surface area (Å²) in [6, 6.07) is -3.91. The molecule has 1 saturated carbocycles. The fourth-order valence-corrected chi connectivity index (χ4v) is 4.39. The van der Waals surface area contributed by atoms with Crippen LogP contribution in [0.25, 0.3) is 0 Å². The molecule has 0 radical (unpaired) electrons. The molecule has 16 N–H and O–H groups in total. The maximum atomic E-state index is 11.0. The molecule has 3 aliphatic rings. The van der Waals surface area contributed by atoms with Crippen molar-refractivity contribution < 1.29 is 50.2 Å². The number of ether oxygens (including phenoxy) is 4. The van der Waals surface area contributed by atoms with Gasteiger partial charge in [0, 0.05) is 0 Å². The summed E-state index contributed by atoms with van der Waals surface area (Å²) in [6.07, 6.45) is -10.3. The van der Waals surface area contributed by atoms with E-state index in [-0.39, 0.29) is 6.10 Å². The molecule has 0 spiro atoms. The van der Waals surface area contributed by atoms with Gasteiger partial charge < -0.3 is 73.1 Å². The zero-order valence-electron chi connectivity index (χ0n) is 17.8. The van der Waals surface area contributed by atoms with Crippen molar-refractivity contribution in [3.63, 3.8) is 0 Å². The zero-order valence-corrected chi connectivity index (χ0v) is 17.8. The largest absolute Gasteiger partial charge is 0.394 e. The summed E-state index contributed by atoms with van der Waals surface area (Å²) in [7, 11) is 0. The third kappa shape index (κ3) is 5.08. The minimum absolute atomic E-state index is 0.162. The highest BCUT2D eigenvalue weighted by atomic mass is 16.7. The van der Waals surface area contributed by atoms with Crippen LogP contribution in [-0.4, -0.2) is 124 Å². The Morgan fingerprint density at radius 1 is 0.750 bits per heavy atom. The summed E-state index contributed by atoms with van der Waals surface area (Å²) in [5.74, 6) is 0. The first-order valence-electron chi connectivity index (χ1n) is 10.9. The van der Waals surface area contributed by atoms with Crippen molar-refractivity contribution in [1.82, 2.24) is 0 Å². The quantitative estimate of drug-likeness (QED) is 0.174. The predicted molar refractivity (Wildman–Crippen MR) is 107 cm³/mol. The molecule has 14 atom stereocenters. The number of aliphatic hydroxyl groups is 5. The highest BCUT2D eigenvalue weighted by molar-refractivity contribution is 5.05. The molecule has 32 heavy (non-hydrogen) atoms. The summed E-state index contributed by atoms with van der Waals surface area (Å²) in [5.41, 5.74) is 27.9. The molecule has 14 nitrogen and oxygen atoms in total. The van der Waals surface area contributed by atoms with Crippen molar-refractivity contribution >= 4 is 0 Å². The van der Waals surface area contributed by atoms with Gasteiger partial charge in [-0.1, -0.05) is 0 Å². The fourth-order valence-electron chi connectivity index (χ4n) is 4.39. The number of aliphatic hydroxyl groups excluding tert-OH is 5. The van der Waals surface area contributed by atoms with E-state index < -0.39 is 86.1 Å². The number of quaternary nitrogens is 1. The molecule has 2 heterocycles. The molecule has 14 heteroatoms. The summed E-state index contributed by atoms with van der Waals surface area (Å²) >= 11 is 0. The smallest absolute Gasteiger partial charge is 0.186 e. The molecule has 0 aromatic rings. The van der Waals surface area contributed by atoms with Gasteiger partial charge in [-0.15, -0.1) is 0 Å². The van der Waals surface area contributed by atoms with Gasteiger partial charge in [-0.3, -0.25) is 0 Å². The number of hydrogen-bond donors (Lipinski definition) is 10. The van der Waals surface area contributed by atoms with Crippen LogP contribution < -0.4 is 28.7 Å². The van der Waals surface area contributed by atoms with Crippen molar-refractivity contribution in [3.8, 4) is 0 Å². The van der Waals surface area contributed by atoms with E-state index in [9.17, 15) is 25.5 Å². The minimum atomic E-state index is -1.49. The molecule has 14 unspecified atom stereocenters. The topological polar surface area (TPSA) is 270 Å². The summed E-state index contributed by atoms with van der Waals surface area (Å²) < 4.78 is 22.8. The van der Waals surface area contributed by atoms with Crippen LogP contribution in [0.3, 0.4) is 0 Å². The molecule has 3 fully saturated rings. The molecule has 1 aliphatic carbocycles. The first-order valence-corrected chi connectivity index (χ1v) is 10.9. The van der Waals surface area contributed by atoms with E-state index in [1.807, 2.05) is 0 Å². The molecule has 188 valence electrons. The van der Waals surface area contributed by atoms with E-state index in [1.165, 1.54) is 0 Å². The molecular formula is C18H38N5O9+. The highest BCUT2D eigenvalue weighted by Crippen LogP contribution is 2.30. The molecule has 0 aromatic carbocycles. The van der Waals surface area contributed by atoms with Crippen LogP contribution in [0.1, 0.15) is 12.8 Å². The second kappa shape index (κ2) is 10.8. The lowest BCUT2D eigenvalue weighted by Crippen LogP contribution is -2.72. The van der Waals surface area contributed by atoms with Gasteiger partial charge in [0.05, 0.1) is 36.9 Å². The molecule has 0 amide bonds.